The van der Waals surface area contributed by atoms with Crippen LogP contribution in [-0.4, -0.2) is 76.0 Å². The molecule has 0 unspecified atom stereocenters. The van der Waals surface area contributed by atoms with Gasteiger partial charge in [-0.05, 0) is 17.2 Å². The van der Waals surface area contributed by atoms with E-state index in [0.717, 1.165) is 15.3 Å². The second kappa shape index (κ2) is 10.4. The minimum atomic E-state index is -3.76. The molecule has 0 aromatic heterocycles. The summed E-state index contributed by atoms with van der Waals surface area (Å²) in [6.07, 6.45) is 1.48. The predicted octanol–water partition coefficient (Wildman–Crippen LogP) is 1.59. The number of carbonyl (C=O) groups is 1. The molecule has 2 aromatic carbocycles. The highest BCUT2D eigenvalue weighted by atomic mass is 32.2. The third-order valence-corrected chi connectivity index (χ3v) is 8.53. The molecule has 8 nitrogen and oxygen atoms in total. The topological polar surface area (TPSA) is 95.1 Å². The van der Waals surface area contributed by atoms with Gasteiger partial charge in [-0.2, -0.15) is 8.61 Å². The summed E-state index contributed by atoms with van der Waals surface area (Å²) in [5.74, 6) is -0.444. The minimum Gasteiger partial charge on any atom is -0.339 e. The van der Waals surface area contributed by atoms with Crippen molar-refractivity contribution in [3.63, 3.8) is 0 Å². The lowest BCUT2D eigenvalue weighted by Gasteiger charge is -2.34. The number of benzene rings is 2. The van der Waals surface area contributed by atoms with Crippen molar-refractivity contribution in [3.8, 4) is 0 Å². The van der Waals surface area contributed by atoms with E-state index in [1.165, 1.54) is 22.3 Å². The molecule has 2 aromatic rings. The van der Waals surface area contributed by atoms with E-state index in [-0.39, 0.29) is 44.4 Å². The summed E-state index contributed by atoms with van der Waals surface area (Å²) in [6.45, 7) is 0.510. The van der Waals surface area contributed by atoms with E-state index in [1.807, 2.05) is 12.1 Å². The molecule has 32 heavy (non-hydrogen) atoms. The lowest BCUT2D eigenvalue weighted by atomic mass is 10.2. The number of piperazine rings is 1. The summed E-state index contributed by atoms with van der Waals surface area (Å²) in [7, 11) is -5.90. The van der Waals surface area contributed by atoms with Gasteiger partial charge in [0, 0.05) is 38.6 Å². The Morgan fingerprint density at radius 3 is 2.06 bits per heavy atom. The molecular weight excluding hydrogens is 450 g/mol. The number of nitrogens with zero attached hydrogens (tertiary/aromatic N) is 3. The lowest BCUT2D eigenvalue weighted by Crippen LogP contribution is -2.52. The van der Waals surface area contributed by atoms with E-state index in [4.69, 9.17) is 0 Å². The van der Waals surface area contributed by atoms with Crippen LogP contribution in [0, 0.1) is 0 Å². The maximum absolute atomic E-state index is 12.7. The Balaban J connectivity index is 1.53. The van der Waals surface area contributed by atoms with E-state index >= 15 is 0 Å². The second-order valence-corrected chi connectivity index (χ2v) is 11.4. The molecular formula is C22H27N3O5S2. The molecule has 0 aliphatic carbocycles. The molecule has 1 fully saturated rings. The molecule has 0 spiro atoms. The average molecular weight is 478 g/mol. The molecule has 0 saturated carbocycles. The first kappa shape index (κ1) is 24.1. The smallest absolute Gasteiger partial charge is 0.237 e. The summed E-state index contributed by atoms with van der Waals surface area (Å²) < 4.78 is 52.6. The van der Waals surface area contributed by atoms with Gasteiger partial charge in [0.15, 0.2) is 0 Å². The standard InChI is InChI=1S/C22H27N3O5S2/c1-23(31(27,28)17-12-20-8-4-2-5-9-20)18-22(26)24-13-15-25(16-14-24)32(29,30)19-21-10-6-3-7-11-21/h2-12,17H,13-16,18-19H2,1H3. The van der Waals surface area contributed by atoms with Crippen LogP contribution >= 0.6 is 0 Å². The number of likely N-dealkylation sites (N-methyl/N-ethyl adjacent to an activating group) is 1. The van der Waals surface area contributed by atoms with Crippen LogP contribution in [0.3, 0.4) is 0 Å². The highest BCUT2D eigenvalue weighted by molar-refractivity contribution is 7.92. The van der Waals surface area contributed by atoms with Crippen molar-refractivity contribution in [2.24, 2.45) is 0 Å². The maximum Gasteiger partial charge on any atom is 0.237 e. The van der Waals surface area contributed by atoms with Crippen molar-refractivity contribution >= 4 is 32.0 Å². The molecule has 1 saturated heterocycles. The van der Waals surface area contributed by atoms with Gasteiger partial charge in [0.25, 0.3) is 0 Å². The van der Waals surface area contributed by atoms with Gasteiger partial charge in [-0.25, -0.2) is 16.8 Å². The van der Waals surface area contributed by atoms with Crippen LogP contribution in [-0.2, 0) is 30.6 Å². The number of rotatable bonds is 8. The molecule has 0 bridgehead atoms. The largest absolute Gasteiger partial charge is 0.339 e. The highest BCUT2D eigenvalue weighted by Gasteiger charge is 2.30. The summed E-state index contributed by atoms with van der Waals surface area (Å²) in [6, 6.07) is 17.9. The van der Waals surface area contributed by atoms with Crippen molar-refractivity contribution in [3.05, 3.63) is 77.2 Å². The Labute approximate surface area is 189 Å². The van der Waals surface area contributed by atoms with Crippen molar-refractivity contribution in [1.82, 2.24) is 13.5 Å². The second-order valence-electron chi connectivity index (χ2n) is 7.54. The van der Waals surface area contributed by atoms with Crippen LogP contribution in [0.1, 0.15) is 11.1 Å². The Hall–Kier alpha value is -2.53. The van der Waals surface area contributed by atoms with Crippen molar-refractivity contribution in [2.75, 3.05) is 39.8 Å². The zero-order valence-corrected chi connectivity index (χ0v) is 19.5. The summed E-state index contributed by atoms with van der Waals surface area (Å²) >= 11 is 0. The van der Waals surface area contributed by atoms with E-state index in [1.54, 1.807) is 48.5 Å². The van der Waals surface area contributed by atoms with E-state index in [9.17, 15) is 21.6 Å². The Morgan fingerprint density at radius 2 is 1.47 bits per heavy atom. The monoisotopic (exact) mass is 477 g/mol. The fourth-order valence-electron chi connectivity index (χ4n) is 3.30. The van der Waals surface area contributed by atoms with Gasteiger partial charge in [0.1, 0.15) is 0 Å². The van der Waals surface area contributed by atoms with Gasteiger partial charge in [0.05, 0.1) is 12.3 Å². The SMILES string of the molecule is CN(CC(=O)N1CCN(S(=O)(=O)Cc2ccccc2)CC1)S(=O)(=O)C=Cc1ccccc1. The molecule has 1 aliphatic heterocycles. The first-order valence-electron chi connectivity index (χ1n) is 10.2. The number of hydrogen-bond donors (Lipinski definition) is 0. The van der Waals surface area contributed by atoms with Crippen LogP contribution in [0.5, 0.6) is 0 Å². The molecule has 172 valence electrons. The number of sulfonamides is 2. The van der Waals surface area contributed by atoms with Crippen LogP contribution in [0.25, 0.3) is 6.08 Å². The molecule has 10 heteroatoms. The molecule has 1 amide bonds. The number of hydrogen-bond acceptors (Lipinski definition) is 5. The summed E-state index contributed by atoms with van der Waals surface area (Å²) in [5, 5.41) is 1.07. The molecule has 0 N–H and O–H groups in total. The molecule has 0 radical (unpaired) electrons. The lowest BCUT2D eigenvalue weighted by molar-refractivity contribution is -0.132. The molecule has 0 atom stereocenters. The predicted molar refractivity (Wildman–Crippen MR) is 124 cm³/mol. The Bertz CT molecular complexity index is 1140. The fourth-order valence-corrected chi connectivity index (χ4v) is 5.65. The number of amides is 1. The van der Waals surface area contributed by atoms with E-state index in [0.29, 0.717) is 5.56 Å². The third-order valence-electron chi connectivity index (χ3n) is 5.20. The summed E-state index contributed by atoms with van der Waals surface area (Å²) in [5.41, 5.74) is 1.45. The first-order valence-corrected chi connectivity index (χ1v) is 13.3. The Morgan fingerprint density at radius 1 is 0.906 bits per heavy atom. The van der Waals surface area contributed by atoms with Gasteiger partial charge < -0.3 is 4.90 Å². The fraction of sp³-hybridized carbons (Fsp3) is 0.318. The molecule has 1 heterocycles. The van der Waals surface area contributed by atoms with Gasteiger partial charge in [-0.15, -0.1) is 0 Å². The normalized spacial score (nSPS) is 16.0. The number of carbonyl (C=O) groups excluding carboxylic acids is 1. The van der Waals surface area contributed by atoms with Gasteiger partial charge in [0.2, 0.25) is 26.0 Å². The quantitative estimate of drug-likeness (QED) is 0.576. The van der Waals surface area contributed by atoms with Crippen LogP contribution in [0.4, 0.5) is 0 Å². The van der Waals surface area contributed by atoms with Gasteiger partial charge in [-0.3, -0.25) is 4.79 Å². The van der Waals surface area contributed by atoms with E-state index < -0.39 is 20.0 Å². The van der Waals surface area contributed by atoms with E-state index in [2.05, 4.69) is 0 Å². The van der Waals surface area contributed by atoms with Gasteiger partial charge in [-0.1, -0.05) is 60.7 Å². The van der Waals surface area contributed by atoms with Crippen LogP contribution in [0.15, 0.2) is 66.1 Å². The van der Waals surface area contributed by atoms with Crippen LogP contribution in [0.2, 0.25) is 0 Å². The maximum atomic E-state index is 12.7. The van der Waals surface area contributed by atoms with Crippen molar-refractivity contribution < 1.29 is 21.6 Å². The minimum absolute atomic E-state index is 0.0868. The van der Waals surface area contributed by atoms with Crippen LogP contribution < -0.4 is 0 Å². The highest BCUT2D eigenvalue weighted by Crippen LogP contribution is 2.14. The first-order chi connectivity index (χ1) is 15.2. The van der Waals surface area contributed by atoms with Crippen molar-refractivity contribution in [1.29, 1.82) is 0 Å². The Kier molecular flexibility index (Phi) is 7.83. The molecule has 1 aliphatic rings. The zero-order valence-electron chi connectivity index (χ0n) is 17.9. The zero-order chi connectivity index (χ0) is 23.2. The van der Waals surface area contributed by atoms with Gasteiger partial charge >= 0.3 is 0 Å². The molecule has 3 rings (SSSR count). The third kappa shape index (κ3) is 6.49. The van der Waals surface area contributed by atoms with Crippen molar-refractivity contribution in [2.45, 2.75) is 5.75 Å². The summed E-state index contributed by atoms with van der Waals surface area (Å²) in [4.78, 5) is 14.1. The average Bonchev–Trinajstić information content (AvgIpc) is 2.79.